The van der Waals surface area contributed by atoms with E-state index >= 15 is 0 Å². The van der Waals surface area contributed by atoms with Crippen LogP contribution in [-0.2, 0) is 22.9 Å². The Hall–Kier alpha value is -2.26. The van der Waals surface area contributed by atoms with Gasteiger partial charge in [-0.3, -0.25) is 4.79 Å². The van der Waals surface area contributed by atoms with E-state index in [1.165, 1.54) is 0 Å². The third-order valence-corrected chi connectivity index (χ3v) is 5.49. The van der Waals surface area contributed by atoms with Crippen LogP contribution >= 0.6 is 0 Å². The van der Waals surface area contributed by atoms with E-state index in [-0.39, 0.29) is 11.8 Å². The minimum atomic E-state index is -0.0590. The van der Waals surface area contributed by atoms with Gasteiger partial charge in [0.25, 0.3) is 5.91 Å². The Labute approximate surface area is 164 Å². The Morgan fingerprint density at radius 3 is 2.96 bits per heavy atom. The lowest BCUT2D eigenvalue weighted by Gasteiger charge is -2.21. The molecule has 152 valence electrons. The molecular weight excluding hydrogens is 362 g/mol. The summed E-state index contributed by atoms with van der Waals surface area (Å²) in [4.78, 5) is 23.0. The molecule has 4 rings (SSSR count). The molecule has 1 atom stereocenters. The number of likely N-dealkylation sites (tertiary alicyclic amines) is 1. The van der Waals surface area contributed by atoms with Crippen LogP contribution in [0.25, 0.3) is 0 Å². The molecule has 0 saturated carbocycles. The molecule has 1 amide bonds. The minimum absolute atomic E-state index is 0.0590. The summed E-state index contributed by atoms with van der Waals surface area (Å²) in [5.74, 6) is 2.33. The number of amides is 1. The number of rotatable bonds is 7. The summed E-state index contributed by atoms with van der Waals surface area (Å²) < 4.78 is 18.3. The standard InChI is InChI=1S/C19H27N5O4/c1-23-8-6-20-17(23)19(25)24-7-2-15(12-24)18-21-16(22-28-18)5-11-27-13-14-3-9-26-10-4-14/h6,8,14-15H,2-5,7,9-13H2,1H3. The minimum Gasteiger partial charge on any atom is -0.381 e. The number of hydrogen-bond acceptors (Lipinski definition) is 7. The van der Waals surface area contributed by atoms with Gasteiger partial charge < -0.3 is 23.5 Å². The maximum Gasteiger partial charge on any atom is 0.289 e. The lowest BCUT2D eigenvalue weighted by Crippen LogP contribution is -2.30. The number of carbonyl (C=O) groups is 1. The third kappa shape index (κ3) is 4.41. The molecule has 2 aliphatic rings. The number of ether oxygens (including phenoxy) is 2. The number of hydrogen-bond donors (Lipinski definition) is 0. The van der Waals surface area contributed by atoms with Crippen LogP contribution in [0.3, 0.4) is 0 Å². The Bertz CT molecular complexity index is 783. The molecule has 2 aromatic rings. The predicted octanol–water partition coefficient (Wildman–Crippen LogP) is 1.42. The molecule has 0 aliphatic carbocycles. The Morgan fingerprint density at radius 2 is 2.18 bits per heavy atom. The van der Waals surface area contributed by atoms with E-state index in [2.05, 4.69) is 15.1 Å². The van der Waals surface area contributed by atoms with Gasteiger partial charge in [-0.1, -0.05) is 5.16 Å². The molecule has 2 saturated heterocycles. The van der Waals surface area contributed by atoms with Crippen molar-refractivity contribution in [1.29, 1.82) is 0 Å². The van der Waals surface area contributed by atoms with E-state index in [4.69, 9.17) is 14.0 Å². The van der Waals surface area contributed by atoms with Crippen LogP contribution in [0.15, 0.2) is 16.9 Å². The van der Waals surface area contributed by atoms with Crippen molar-refractivity contribution in [3.8, 4) is 0 Å². The van der Waals surface area contributed by atoms with Crippen molar-refractivity contribution in [3.63, 3.8) is 0 Å². The first-order chi connectivity index (χ1) is 13.7. The van der Waals surface area contributed by atoms with Gasteiger partial charge in [-0.25, -0.2) is 4.98 Å². The highest BCUT2D eigenvalue weighted by Crippen LogP contribution is 2.27. The highest BCUT2D eigenvalue weighted by atomic mass is 16.5. The summed E-state index contributed by atoms with van der Waals surface area (Å²) in [7, 11) is 1.82. The Kier molecular flexibility index (Phi) is 6.01. The van der Waals surface area contributed by atoms with Crippen molar-refractivity contribution in [2.45, 2.75) is 31.6 Å². The molecule has 0 N–H and O–H groups in total. The second-order valence-corrected chi connectivity index (χ2v) is 7.53. The van der Waals surface area contributed by atoms with Gasteiger partial charge in [0, 0.05) is 58.8 Å². The van der Waals surface area contributed by atoms with Gasteiger partial charge in [0.2, 0.25) is 5.89 Å². The molecule has 2 aliphatic heterocycles. The zero-order valence-corrected chi connectivity index (χ0v) is 16.2. The zero-order valence-electron chi connectivity index (χ0n) is 16.2. The summed E-state index contributed by atoms with van der Waals surface area (Å²) in [6.07, 6.45) is 7.00. The maximum absolute atomic E-state index is 12.6. The van der Waals surface area contributed by atoms with Gasteiger partial charge in [-0.15, -0.1) is 0 Å². The smallest absolute Gasteiger partial charge is 0.289 e. The largest absolute Gasteiger partial charge is 0.381 e. The normalized spacial score (nSPS) is 20.8. The summed E-state index contributed by atoms with van der Waals surface area (Å²) in [6.45, 7) is 4.27. The average molecular weight is 389 g/mol. The van der Waals surface area contributed by atoms with E-state index in [1.807, 2.05) is 7.05 Å². The number of aromatic nitrogens is 4. The van der Waals surface area contributed by atoms with Gasteiger partial charge in [-0.2, -0.15) is 4.98 Å². The second-order valence-electron chi connectivity index (χ2n) is 7.53. The fraction of sp³-hybridized carbons (Fsp3) is 0.684. The third-order valence-electron chi connectivity index (χ3n) is 5.49. The lowest BCUT2D eigenvalue weighted by molar-refractivity contribution is 0.0211. The van der Waals surface area contributed by atoms with Crippen molar-refractivity contribution < 1.29 is 18.8 Å². The Balaban J connectivity index is 1.23. The van der Waals surface area contributed by atoms with Gasteiger partial charge >= 0.3 is 0 Å². The molecule has 2 aromatic heterocycles. The van der Waals surface area contributed by atoms with Gasteiger partial charge in [0.05, 0.1) is 12.5 Å². The van der Waals surface area contributed by atoms with E-state index in [0.717, 1.165) is 39.1 Å². The average Bonchev–Trinajstić information content (AvgIpc) is 3.46. The topological polar surface area (TPSA) is 95.5 Å². The number of carbonyl (C=O) groups excluding carboxylic acids is 1. The Morgan fingerprint density at radius 1 is 1.32 bits per heavy atom. The summed E-state index contributed by atoms with van der Waals surface area (Å²) in [5, 5.41) is 4.07. The molecule has 1 unspecified atom stereocenters. The number of imidazole rings is 1. The van der Waals surface area contributed by atoms with E-state index < -0.39 is 0 Å². The van der Waals surface area contributed by atoms with Crippen molar-refractivity contribution in [3.05, 3.63) is 29.9 Å². The highest BCUT2D eigenvalue weighted by Gasteiger charge is 2.32. The molecule has 0 bridgehead atoms. The molecule has 0 aromatic carbocycles. The quantitative estimate of drug-likeness (QED) is 0.661. The first-order valence-electron chi connectivity index (χ1n) is 9.95. The van der Waals surface area contributed by atoms with Crippen LogP contribution in [0.2, 0.25) is 0 Å². The summed E-state index contributed by atoms with van der Waals surface area (Å²) >= 11 is 0. The zero-order chi connectivity index (χ0) is 19.3. The van der Waals surface area contributed by atoms with Crippen molar-refractivity contribution in [2.24, 2.45) is 13.0 Å². The molecular formula is C19H27N5O4. The van der Waals surface area contributed by atoms with Crippen LogP contribution in [-0.4, -0.2) is 70.0 Å². The molecule has 28 heavy (non-hydrogen) atoms. The van der Waals surface area contributed by atoms with Crippen LogP contribution < -0.4 is 0 Å². The van der Waals surface area contributed by atoms with E-state index in [0.29, 0.717) is 49.6 Å². The molecule has 4 heterocycles. The summed E-state index contributed by atoms with van der Waals surface area (Å²) in [6, 6.07) is 0. The monoisotopic (exact) mass is 389 g/mol. The molecule has 2 fully saturated rings. The predicted molar refractivity (Wildman–Crippen MR) is 98.8 cm³/mol. The highest BCUT2D eigenvalue weighted by molar-refractivity contribution is 5.91. The molecule has 0 spiro atoms. The first kappa shape index (κ1) is 19.1. The van der Waals surface area contributed by atoms with Crippen LogP contribution in [0, 0.1) is 5.92 Å². The second kappa shape index (κ2) is 8.83. The van der Waals surface area contributed by atoms with Gasteiger partial charge in [-0.05, 0) is 25.2 Å². The first-order valence-corrected chi connectivity index (χ1v) is 9.95. The van der Waals surface area contributed by atoms with E-state index in [1.54, 1.807) is 21.9 Å². The SMILES string of the molecule is Cn1ccnc1C(=O)N1CCC(c2nc(CCOCC3CCOCC3)no2)C1. The van der Waals surface area contributed by atoms with Gasteiger partial charge in [0.15, 0.2) is 11.6 Å². The lowest BCUT2D eigenvalue weighted by atomic mass is 10.0. The fourth-order valence-electron chi connectivity index (χ4n) is 3.72. The van der Waals surface area contributed by atoms with E-state index in [9.17, 15) is 4.79 Å². The molecule has 9 heteroatoms. The fourth-order valence-corrected chi connectivity index (χ4v) is 3.72. The van der Waals surface area contributed by atoms with Crippen LogP contribution in [0.1, 0.15) is 47.5 Å². The van der Waals surface area contributed by atoms with Gasteiger partial charge in [0.1, 0.15) is 0 Å². The molecule has 0 radical (unpaired) electrons. The van der Waals surface area contributed by atoms with Crippen molar-refractivity contribution >= 4 is 5.91 Å². The van der Waals surface area contributed by atoms with Crippen molar-refractivity contribution in [1.82, 2.24) is 24.6 Å². The summed E-state index contributed by atoms with van der Waals surface area (Å²) in [5.41, 5.74) is 0. The van der Waals surface area contributed by atoms with Crippen LogP contribution in [0.4, 0.5) is 0 Å². The number of aryl methyl sites for hydroxylation is 1. The number of nitrogens with zero attached hydrogens (tertiary/aromatic N) is 5. The van der Waals surface area contributed by atoms with Crippen LogP contribution in [0.5, 0.6) is 0 Å². The molecule has 9 nitrogen and oxygen atoms in total. The van der Waals surface area contributed by atoms with Crippen molar-refractivity contribution in [2.75, 3.05) is 39.5 Å². The maximum atomic E-state index is 12.6.